The van der Waals surface area contributed by atoms with E-state index in [9.17, 15) is 9.59 Å². The van der Waals surface area contributed by atoms with Gasteiger partial charge in [-0.15, -0.1) is 11.3 Å². The van der Waals surface area contributed by atoms with Crippen molar-refractivity contribution in [1.29, 1.82) is 0 Å². The second-order valence-electron chi connectivity index (χ2n) is 4.08. The van der Waals surface area contributed by atoms with Crippen LogP contribution in [-0.2, 0) is 0 Å². The summed E-state index contributed by atoms with van der Waals surface area (Å²) in [5.74, 6) is -0.371. The summed E-state index contributed by atoms with van der Waals surface area (Å²) in [7, 11) is 0. The van der Waals surface area contributed by atoms with Crippen molar-refractivity contribution in [3.05, 3.63) is 52.0 Å². The minimum absolute atomic E-state index is 0.109. The number of hydrazone groups is 1. The third-order valence-corrected chi connectivity index (χ3v) is 3.42. The number of ketones is 1. The fourth-order valence-corrected chi connectivity index (χ4v) is 2.10. The van der Waals surface area contributed by atoms with Gasteiger partial charge in [0.1, 0.15) is 5.69 Å². The van der Waals surface area contributed by atoms with Crippen LogP contribution in [-0.4, -0.2) is 22.4 Å². The highest BCUT2D eigenvalue weighted by Gasteiger charge is 2.07. The molecule has 0 aliphatic heterocycles. The molecular formula is C14H13N3O2S. The van der Waals surface area contributed by atoms with Crippen molar-refractivity contribution in [3.8, 4) is 0 Å². The van der Waals surface area contributed by atoms with Gasteiger partial charge in [0.15, 0.2) is 5.78 Å². The maximum absolute atomic E-state index is 11.7. The Morgan fingerprint density at radius 2 is 1.90 bits per heavy atom. The maximum atomic E-state index is 11.7. The number of Topliss-reactive ketones (excluding diaryl/α,β-unsaturated/α-hetero) is 1. The third kappa shape index (κ3) is 3.36. The van der Waals surface area contributed by atoms with E-state index < -0.39 is 0 Å². The van der Waals surface area contributed by atoms with Crippen molar-refractivity contribution in [3.63, 3.8) is 0 Å². The number of pyridine rings is 1. The molecule has 2 rings (SSSR count). The first-order valence-corrected chi connectivity index (χ1v) is 6.82. The van der Waals surface area contributed by atoms with Gasteiger partial charge >= 0.3 is 0 Å². The van der Waals surface area contributed by atoms with Crippen molar-refractivity contribution < 1.29 is 9.59 Å². The molecule has 2 heterocycles. The highest BCUT2D eigenvalue weighted by molar-refractivity contribution is 7.12. The van der Waals surface area contributed by atoms with Crippen LogP contribution in [0.25, 0.3) is 0 Å². The Morgan fingerprint density at radius 1 is 1.15 bits per heavy atom. The zero-order valence-electron chi connectivity index (χ0n) is 11.1. The number of hydrogen-bond acceptors (Lipinski definition) is 5. The average Bonchev–Trinajstić information content (AvgIpc) is 2.98. The van der Waals surface area contributed by atoms with Gasteiger partial charge in [0.2, 0.25) is 0 Å². The maximum Gasteiger partial charge on any atom is 0.281 e. The number of amides is 1. The Kier molecular flexibility index (Phi) is 4.37. The van der Waals surface area contributed by atoms with Crippen molar-refractivity contribution in [2.75, 3.05) is 0 Å². The number of carbonyl (C=O) groups is 2. The molecule has 0 radical (unpaired) electrons. The summed E-state index contributed by atoms with van der Waals surface area (Å²) < 4.78 is 0. The molecule has 0 saturated carbocycles. The quantitative estimate of drug-likeness (QED) is 0.533. The Labute approximate surface area is 120 Å². The number of thiophene rings is 1. The van der Waals surface area contributed by atoms with Crippen LogP contribution in [0, 0.1) is 0 Å². The molecule has 2 aromatic rings. The lowest BCUT2D eigenvalue weighted by Gasteiger charge is -2.02. The summed E-state index contributed by atoms with van der Waals surface area (Å²) in [6.45, 7) is 3.18. The van der Waals surface area contributed by atoms with Crippen LogP contribution < -0.4 is 5.43 Å². The van der Waals surface area contributed by atoms with Crippen molar-refractivity contribution >= 4 is 28.7 Å². The Morgan fingerprint density at radius 3 is 2.55 bits per heavy atom. The van der Waals surface area contributed by atoms with Gasteiger partial charge in [-0.05, 0) is 30.5 Å². The average molecular weight is 287 g/mol. The first kappa shape index (κ1) is 14.1. The van der Waals surface area contributed by atoms with E-state index in [1.807, 2.05) is 5.38 Å². The molecule has 0 bridgehead atoms. The topological polar surface area (TPSA) is 71.4 Å². The zero-order valence-corrected chi connectivity index (χ0v) is 11.9. The number of nitrogens with one attached hydrogen (secondary N) is 1. The summed E-state index contributed by atoms with van der Waals surface area (Å²) in [5, 5.41) is 5.82. The largest absolute Gasteiger partial charge is 0.293 e. The monoisotopic (exact) mass is 287 g/mol. The molecule has 0 aliphatic rings. The van der Waals surface area contributed by atoms with Gasteiger partial charge in [0, 0.05) is 6.92 Å². The summed E-state index contributed by atoms with van der Waals surface area (Å²) in [5.41, 5.74) is 3.94. The molecule has 1 N–H and O–H groups in total. The fourth-order valence-electron chi connectivity index (χ4n) is 1.49. The Hall–Kier alpha value is -2.34. The van der Waals surface area contributed by atoms with Crippen LogP contribution in [0.15, 0.2) is 40.8 Å². The van der Waals surface area contributed by atoms with Crippen LogP contribution in [0.5, 0.6) is 0 Å². The number of aromatic nitrogens is 1. The minimum atomic E-state index is -0.262. The van der Waals surface area contributed by atoms with Crippen molar-refractivity contribution in [1.82, 2.24) is 10.4 Å². The smallest absolute Gasteiger partial charge is 0.281 e. The molecular weight excluding hydrogens is 274 g/mol. The predicted octanol–water partition coefficient (Wildman–Crippen LogP) is 2.50. The molecule has 0 fully saturated rings. The number of rotatable bonds is 4. The molecule has 5 nitrogen and oxygen atoms in total. The van der Waals surface area contributed by atoms with E-state index >= 15 is 0 Å². The van der Waals surface area contributed by atoms with E-state index in [0.29, 0.717) is 22.0 Å². The zero-order chi connectivity index (χ0) is 14.5. The van der Waals surface area contributed by atoms with Gasteiger partial charge in [-0.25, -0.2) is 10.4 Å². The van der Waals surface area contributed by atoms with Gasteiger partial charge in [0.05, 0.1) is 16.3 Å². The minimum Gasteiger partial charge on any atom is -0.293 e. The standard InChI is InChI=1S/C14H13N3O2S/c1-9(11-5-3-6-12(15-11)10(2)18)16-17-14(19)13-7-4-8-20-13/h3-8H,1-2H3,(H,17,19)/b16-9+. The number of carbonyl (C=O) groups excluding carboxylic acids is 2. The number of hydrogen-bond donors (Lipinski definition) is 1. The van der Waals surface area contributed by atoms with Crippen molar-refractivity contribution in [2.24, 2.45) is 5.10 Å². The molecule has 102 valence electrons. The van der Waals surface area contributed by atoms with E-state index in [1.165, 1.54) is 18.3 Å². The molecule has 0 aromatic carbocycles. The van der Waals surface area contributed by atoms with Gasteiger partial charge in [-0.3, -0.25) is 9.59 Å². The van der Waals surface area contributed by atoms with Crippen LogP contribution in [0.4, 0.5) is 0 Å². The van der Waals surface area contributed by atoms with Crippen LogP contribution in [0.1, 0.15) is 39.7 Å². The van der Waals surface area contributed by atoms with E-state index in [0.717, 1.165) is 0 Å². The SMILES string of the molecule is CC(=O)c1cccc(/C(C)=N/NC(=O)c2cccs2)n1. The molecule has 0 spiro atoms. The van der Waals surface area contributed by atoms with E-state index in [-0.39, 0.29) is 11.7 Å². The highest BCUT2D eigenvalue weighted by atomic mass is 32.1. The van der Waals surface area contributed by atoms with E-state index in [1.54, 1.807) is 37.3 Å². The van der Waals surface area contributed by atoms with E-state index in [2.05, 4.69) is 15.5 Å². The lowest BCUT2D eigenvalue weighted by molar-refractivity contribution is 0.0957. The molecule has 0 unspecified atom stereocenters. The third-order valence-electron chi connectivity index (χ3n) is 2.55. The number of nitrogens with zero attached hydrogens (tertiary/aromatic N) is 2. The lowest BCUT2D eigenvalue weighted by Crippen LogP contribution is -2.18. The Balaban J connectivity index is 2.12. The molecule has 0 aliphatic carbocycles. The normalized spacial score (nSPS) is 11.2. The highest BCUT2D eigenvalue weighted by Crippen LogP contribution is 2.08. The van der Waals surface area contributed by atoms with Crippen LogP contribution in [0.3, 0.4) is 0 Å². The fraction of sp³-hybridized carbons (Fsp3) is 0.143. The molecule has 0 atom stereocenters. The van der Waals surface area contributed by atoms with E-state index in [4.69, 9.17) is 0 Å². The van der Waals surface area contributed by atoms with Gasteiger partial charge < -0.3 is 0 Å². The molecule has 20 heavy (non-hydrogen) atoms. The van der Waals surface area contributed by atoms with Gasteiger partial charge in [-0.2, -0.15) is 5.10 Å². The molecule has 0 saturated heterocycles. The molecule has 2 aromatic heterocycles. The molecule has 1 amide bonds. The Bertz CT molecular complexity index is 663. The first-order valence-electron chi connectivity index (χ1n) is 5.94. The summed E-state index contributed by atoms with van der Waals surface area (Å²) in [6.07, 6.45) is 0. The van der Waals surface area contributed by atoms with Crippen LogP contribution in [0.2, 0.25) is 0 Å². The summed E-state index contributed by atoms with van der Waals surface area (Å²) in [4.78, 5) is 27.8. The second kappa shape index (κ2) is 6.21. The van der Waals surface area contributed by atoms with Gasteiger partial charge in [-0.1, -0.05) is 12.1 Å². The first-order chi connectivity index (χ1) is 9.58. The molecule has 6 heteroatoms. The second-order valence-corrected chi connectivity index (χ2v) is 5.03. The summed E-state index contributed by atoms with van der Waals surface area (Å²) >= 11 is 1.34. The van der Waals surface area contributed by atoms with Crippen LogP contribution >= 0.6 is 11.3 Å². The summed E-state index contributed by atoms with van der Waals surface area (Å²) in [6, 6.07) is 8.64. The van der Waals surface area contributed by atoms with Gasteiger partial charge in [0.25, 0.3) is 5.91 Å². The van der Waals surface area contributed by atoms with Crippen molar-refractivity contribution in [2.45, 2.75) is 13.8 Å². The predicted molar refractivity (Wildman–Crippen MR) is 78.2 cm³/mol. The lowest BCUT2D eigenvalue weighted by atomic mass is 10.2.